The van der Waals surface area contributed by atoms with E-state index in [4.69, 9.17) is 5.73 Å². The van der Waals surface area contributed by atoms with E-state index in [1.54, 1.807) is 0 Å². The van der Waals surface area contributed by atoms with Crippen molar-refractivity contribution in [1.82, 2.24) is 19.6 Å². The number of nitrogens with one attached hydrogen (secondary N) is 2. The van der Waals surface area contributed by atoms with Gasteiger partial charge in [-0.1, -0.05) is 6.92 Å². The molecule has 4 N–H and O–H groups in total. The van der Waals surface area contributed by atoms with Gasteiger partial charge >= 0.3 is 0 Å². The third-order valence-corrected chi connectivity index (χ3v) is 5.40. The molecule has 7 nitrogen and oxygen atoms in total. The largest absolute Gasteiger partial charge is 0.332 e. The first-order chi connectivity index (χ1) is 9.41. The summed E-state index contributed by atoms with van der Waals surface area (Å²) < 4.78 is 27.6. The monoisotopic (exact) mass is 301 g/mol. The van der Waals surface area contributed by atoms with Gasteiger partial charge in [0, 0.05) is 18.5 Å². The number of sulfonamides is 1. The maximum absolute atomic E-state index is 12.4. The Bertz CT molecular complexity index is 546. The second kappa shape index (κ2) is 5.80. The average Bonchev–Trinajstić information content (AvgIpc) is 2.91. The highest BCUT2D eigenvalue weighted by Gasteiger charge is 2.37. The van der Waals surface area contributed by atoms with E-state index < -0.39 is 15.6 Å². The Morgan fingerprint density at radius 2 is 2.15 bits per heavy atom. The lowest BCUT2D eigenvalue weighted by Gasteiger charge is -2.39. The zero-order valence-corrected chi connectivity index (χ0v) is 12.8. The fourth-order valence-corrected chi connectivity index (χ4v) is 3.81. The fourth-order valence-electron chi connectivity index (χ4n) is 2.39. The molecule has 1 aliphatic heterocycles. The molecule has 0 saturated carbocycles. The van der Waals surface area contributed by atoms with E-state index in [9.17, 15) is 8.42 Å². The minimum absolute atomic E-state index is 0.112. The van der Waals surface area contributed by atoms with Gasteiger partial charge in [0.1, 0.15) is 5.82 Å². The molecule has 0 radical (unpaired) electrons. The molecule has 1 aliphatic rings. The second-order valence-electron chi connectivity index (χ2n) is 5.44. The zero-order chi connectivity index (χ0) is 14.8. The minimum Gasteiger partial charge on any atom is -0.332 e. The minimum atomic E-state index is -3.60. The molecule has 0 spiro atoms. The summed E-state index contributed by atoms with van der Waals surface area (Å²) >= 11 is 0. The SMILES string of the molecule is CCc1ncc(S(=O)(=O)NC2(CN)CCN(C)CC2)[nH]1. The summed E-state index contributed by atoms with van der Waals surface area (Å²) in [6.45, 7) is 3.89. The van der Waals surface area contributed by atoms with E-state index in [2.05, 4.69) is 19.6 Å². The molecule has 0 atom stereocenters. The Balaban J connectivity index is 2.17. The van der Waals surface area contributed by atoms with Crippen LogP contribution in [0.15, 0.2) is 11.2 Å². The van der Waals surface area contributed by atoms with Gasteiger partial charge in [-0.2, -0.15) is 0 Å². The van der Waals surface area contributed by atoms with Gasteiger partial charge in [0.05, 0.1) is 6.20 Å². The first kappa shape index (κ1) is 15.4. The van der Waals surface area contributed by atoms with Crippen LogP contribution in [0.3, 0.4) is 0 Å². The average molecular weight is 301 g/mol. The molecule has 0 bridgehead atoms. The van der Waals surface area contributed by atoms with E-state index >= 15 is 0 Å². The van der Waals surface area contributed by atoms with Crippen LogP contribution in [0.25, 0.3) is 0 Å². The molecule has 1 aromatic rings. The van der Waals surface area contributed by atoms with E-state index in [1.807, 2.05) is 14.0 Å². The molecule has 2 heterocycles. The van der Waals surface area contributed by atoms with Crippen molar-refractivity contribution in [3.8, 4) is 0 Å². The van der Waals surface area contributed by atoms with Crippen LogP contribution < -0.4 is 10.5 Å². The molecule has 0 unspecified atom stereocenters. The molecule has 0 aromatic carbocycles. The van der Waals surface area contributed by atoms with Crippen molar-refractivity contribution in [2.75, 3.05) is 26.7 Å². The Morgan fingerprint density at radius 3 is 2.65 bits per heavy atom. The molecule has 114 valence electrons. The van der Waals surface area contributed by atoms with Gasteiger partial charge in [-0.25, -0.2) is 18.1 Å². The van der Waals surface area contributed by atoms with E-state index in [-0.39, 0.29) is 5.03 Å². The summed E-state index contributed by atoms with van der Waals surface area (Å²) in [4.78, 5) is 9.04. The maximum Gasteiger partial charge on any atom is 0.258 e. The van der Waals surface area contributed by atoms with Gasteiger partial charge in [0.2, 0.25) is 0 Å². The standard InChI is InChI=1S/C12H23N5O2S/c1-3-10-14-8-11(15-10)20(18,19)16-12(9-13)4-6-17(2)7-5-12/h8,16H,3-7,9,13H2,1-2H3,(H,14,15). The van der Waals surface area contributed by atoms with Crippen LogP contribution in [0.4, 0.5) is 0 Å². The van der Waals surface area contributed by atoms with E-state index in [0.717, 1.165) is 13.1 Å². The van der Waals surface area contributed by atoms with E-state index in [1.165, 1.54) is 6.20 Å². The molecular weight excluding hydrogens is 278 g/mol. The number of piperidine rings is 1. The van der Waals surface area contributed by atoms with Crippen molar-refractivity contribution < 1.29 is 8.42 Å². The lowest BCUT2D eigenvalue weighted by atomic mass is 9.89. The number of aromatic amines is 1. The summed E-state index contributed by atoms with van der Waals surface area (Å²) in [5.41, 5.74) is 5.28. The molecular formula is C12H23N5O2S. The summed E-state index contributed by atoms with van der Waals surface area (Å²) in [5, 5.41) is 0.112. The van der Waals surface area contributed by atoms with Crippen molar-refractivity contribution in [3.05, 3.63) is 12.0 Å². The predicted molar refractivity (Wildman–Crippen MR) is 76.8 cm³/mol. The highest BCUT2D eigenvalue weighted by molar-refractivity contribution is 7.89. The number of imidazole rings is 1. The molecule has 1 fully saturated rings. The van der Waals surface area contributed by atoms with Gasteiger partial charge in [0.15, 0.2) is 5.03 Å². The molecule has 8 heteroatoms. The van der Waals surface area contributed by atoms with Gasteiger partial charge in [-0.05, 0) is 33.0 Å². The molecule has 0 amide bonds. The van der Waals surface area contributed by atoms with Gasteiger partial charge in [-0.15, -0.1) is 0 Å². The summed E-state index contributed by atoms with van der Waals surface area (Å²) in [6, 6.07) is 0. The topological polar surface area (TPSA) is 104 Å². The highest BCUT2D eigenvalue weighted by atomic mass is 32.2. The quantitative estimate of drug-likeness (QED) is 0.691. The number of nitrogens with zero attached hydrogens (tertiary/aromatic N) is 2. The van der Waals surface area contributed by atoms with Crippen LogP contribution in [0.5, 0.6) is 0 Å². The number of hydrogen-bond donors (Lipinski definition) is 3. The molecule has 2 rings (SSSR count). The highest BCUT2D eigenvalue weighted by Crippen LogP contribution is 2.23. The number of aryl methyl sites for hydroxylation is 1. The Kier molecular flexibility index (Phi) is 4.48. The Labute approximate surface area is 120 Å². The van der Waals surface area contributed by atoms with Crippen molar-refractivity contribution >= 4 is 10.0 Å². The second-order valence-corrected chi connectivity index (χ2v) is 7.09. The third kappa shape index (κ3) is 3.20. The Morgan fingerprint density at radius 1 is 1.50 bits per heavy atom. The summed E-state index contributed by atoms with van der Waals surface area (Å²) in [6.07, 6.45) is 3.46. The van der Waals surface area contributed by atoms with Crippen LogP contribution in [-0.2, 0) is 16.4 Å². The number of hydrogen-bond acceptors (Lipinski definition) is 5. The number of aromatic nitrogens is 2. The maximum atomic E-state index is 12.4. The van der Waals surface area contributed by atoms with Crippen LogP contribution in [-0.4, -0.2) is 55.5 Å². The van der Waals surface area contributed by atoms with Crippen molar-refractivity contribution in [3.63, 3.8) is 0 Å². The van der Waals surface area contributed by atoms with Crippen LogP contribution in [0.1, 0.15) is 25.6 Å². The lowest BCUT2D eigenvalue weighted by Crippen LogP contribution is -2.58. The van der Waals surface area contributed by atoms with Gasteiger partial charge in [-0.3, -0.25) is 0 Å². The predicted octanol–water partition coefficient (Wildman–Crippen LogP) is -0.326. The molecule has 1 aromatic heterocycles. The molecule has 20 heavy (non-hydrogen) atoms. The van der Waals surface area contributed by atoms with Gasteiger partial charge < -0.3 is 15.6 Å². The summed E-state index contributed by atoms with van der Waals surface area (Å²) in [5.74, 6) is 0.663. The number of likely N-dealkylation sites (tertiary alicyclic amines) is 1. The van der Waals surface area contributed by atoms with Crippen molar-refractivity contribution in [1.29, 1.82) is 0 Å². The smallest absolute Gasteiger partial charge is 0.258 e. The van der Waals surface area contributed by atoms with E-state index in [0.29, 0.717) is 31.6 Å². The zero-order valence-electron chi connectivity index (χ0n) is 12.0. The Hall–Kier alpha value is -0.960. The van der Waals surface area contributed by atoms with Gasteiger partial charge in [0.25, 0.3) is 10.0 Å². The van der Waals surface area contributed by atoms with Crippen LogP contribution >= 0.6 is 0 Å². The molecule has 1 saturated heterocycles. The van der Waals surface area contributed by atoms with Crippen LogP contribution in [0.2, 0.25) is 0 Å². The third-order valence-electron chi connectivity index (χ3n) is 3.92. The van der Waals surface area contributed by atoms with Crippen molar-refractivity contribution in [2.24, 2.45) is 5.73 Å². The first-order valence-corrected chi connectivity index (χ1v) is 8.35. The summed E-state index contributed by atoms with van der Waals surface area (Å²) in [7, 11) is -1.58. The first-order valence-electron chi connectivity index (χ1n) is 6.87. The van der Waals surface area contributed by atoms with Crippen molar-refractivity contribution in [2.45, 2.75) is 36.8 Å². The number of H-pyrrole nitrogens is 1. The lowest BCUT2D eigenvalue weighted by molar-refractivity contribution is 0.182. The normalized spacial score (nSPS) is 20.1. The molecule has 0 aliphatic carbocycles. The number of nitrogens with two attached hydrogens (primary N) is 1. The van der Waals surface area contributed by atoms with Crippen LogP contribution in [0, 0.1) is 0 Å². The number of rotatable bonds is 5. The fraction of sp³-hybridized carbons (Fsp3) is 0.750.